The highest BCUT2D eigenvalue weighted by molar-refractivity contribution is 14.1. The van der Waals surface area contributed by atoms with Gasteiger partial charge in [-0.25, -0.2) is 14.4 Å². The van der Waals surface area contributed by atoms with Crippen molar-refractivity contribution in [3.63, 3.8) is 0 Å². The number of fused-ring (bicyclic) bond motifs is 3. The maximum absolute atomic E-state index is 13.0. The summed E-state index contributed by atoms with van der Waals surface area (Å²) in [6.45, 7) is 5.01. The summed E-state index contributed by atoms with van der Waals surface area (Å²) in [7, 11) is 0. The minimum Gasteiger partial charge on any atom is -0.489 e. The Kier molecular flexibility index (Phi) is 26.1. The Bertz CT molecular complexity index is 5840. The Labute approximate surface area is 728 Å². The van der Waals surface area contributed by atoms with Crippen molar-refractivity contribution in [1.82, 2.24) is 15.5 Å². The van der Waals surface area contributed by atoms with Gasteiger partial charge in [-0.15, -0.1) is 0 Å². The topological polar surface area (TPSA) is 265 Å². The van der Waals surface area contributed by atoms with E-state index in [1.807, 2.05) is 66.7 Å². The number of carboxylic acid groups (broad SMARTS) is 1. The molecule has 0 saturated heterocycles. The number of aromatic carboxylic acids is 1. The fraction of sp³-hybridized carbons (Fsp3) is 0.242. The number of hydrogen-bond donors (Lipinski definition) is 2. The smallest absolute Gasteiger partial charge is 0.338 e. The van der Waals surface area contributed by atoms with Gasteiger partial charge in [0.1, 0.15) is 71.4 Å². The zero-order valence-electron chi connectivity index (χ0n) is 64.1. The first-order valence-electron chi connectivity index (χ1n) is 38.7. The average Bonchev–Trinajstić information content (AvgIpc) is 1.73. The zero-order chi connectivity index (χ0) is 83.1. The van der Waals surface area contributed by atoms with Crippen LogP contribution >= 0.6 is 92.2 Å². The second-order valence-electron chi connectivity index (χ2n) is 28.9. The first kappa shape index (κ1) is 83.4. The molecule has 2 N–H and O–H groups in total. The van der Waals surface area contributed by atoms with Crippen LogP contribution in [0.4, 0.5) is 28.4 Å². The zero-order valence-corrected chi connectivity index (χ0v) is 70.8. The van der Waals surface area contributed by atoms with Crippen LogP contribution in [-0.4, -0.2) is 69.4 Å². The van der Waals surface area contributed by atoms with E-state index in [-0.39, 0.29) is 49.1 Å². The van der Waals surface area contributed by atoms with Gasteiger partial charge in [0, 0.05) is 74.3 Å². The Hall–Kier alpha value is -10.7. The van der Waals surface area contributed by atoms with E-state index >= 15 is 0 Å². The Balaban J connectivity index is 0.000000131. The van der Waals surface area contributed by atoms with E-state index in [2.05, 4.69) is 43.4 Å². The minimum atomic E-state index is -1.04. The summed E-state index contributed by atoms with van der Waals surface area (Å²) in [5.74, 6) is 3.67. The molecule has 18 rings (SSSR count). The van der Waals surface area contributed by atoms with Crippen molar-refractivity contribution in [3.8, 4) is 51.0 Å². The van der Waals surface area contributed by atoms with Crippen molar-refractivity contribution >= 4 is 156 Å². The number of aryl methyl sites for hydroxylation is 3. The van der Waals surface area contributed by atoms with Crippen LogP contribution in [0.2, 0.25) is 30.1 Å². The minimum absolute atomic E-state index is 0.0398. The number of hydrogen-bond acceptors (Lipinski definition) is 17. The molecule has 6 aliphatic rings. The van der Waals surface area contributed by atoms with E-state index in [1.165, 1.54) is 12.1 Å². The number of carbonyl (C=O) groups excluding carboxylic acids is 5. The molecule has 3 fully saturated rings. The van der Waals surface area contributed by atoms with E-state index in [0.29, 0.717) is 173 Å². The standard InChI is InChI=1S/C31H26Cl2N2O5.C29H22Cl2N2O5.C22H18Cl2N2O3.C9H9IO2/c1-2-38-31(37)20-5-3-6-21(15-20)35-26-13-12-22(16-19(26)11-14-27(35)36)39-17-23-29(34-40-30(23)18-9-10-18)28-24(32)7-4-8-25(28)33;30-22-5-2-6-23(31)26(22)27-21(28(38-32-27)16-7-8-16)15-37-20-10-11-24-17(14-20)9-12-25(34)33(24)19-4-1-3-18(13-19)29(35)36;23-16-2-1-3-17(24)20(16)21-15(22(29-26-21)12-4-5-12)11-28-14-7-8-18-13(10-14)6-9-19(27)25-18;1-2-12-9(11)7-4-3-5-8(10)6-7/h3-8,12-13,15-16,18H,2,9-11,14,17H2,1H3;1-6,10-11,13-14,16H,7-9,12,15H2,(H,35,36);1-3,7-8,10,12H,4-6,9,11H2,(H,25,27);3-6H,2H2,1H3. The van der Waals surface area contributed by atoms with Crippen LogP contribution in [0.25, 0.3) is 33.8 Å². The number of rotatable bonds is 22. The van der Waals surface area contributed by atoms with Crippen LogP contribution in [-0.2, 0) is 62.9 Å². The maximum Gasteiger partial charge on any atom is 0.338 e. The van der Waals surface area contributed by atoms with Gasteiger partial charge >= 0.3 is 17.9 Å². The number of esters is 2. The average molecular weight is 1830 g/mol. The number of benzene rings is 9. The molecular weight excluding hydrogens is 1760 g/mol. The lowest BCUT2D eigenvalue weighted by atomic mass is 9.99. The maximum atomic E-state index is 13.0. The molecule has 3 aromatic heterocycles. The van der Waals surface area contributed by atoms with Crippen molar-refractivity contribution in [1.29, 1.82) is 0 Å². The lowest BCUT2D eigenvalue weighted by molar-refractivity contribution is -0.119. The van der Waals surface area contributed by atoms with Crippen LogP contribution in [0.15, 0.2) is 196 Å². The molecule has 0 unspecified atom stereocenters. The molecule has 0 atom stereocenters. The lowest BCUT2D eigenvalue weighted by Crippen LogP contribution is -2.31. The van der Waals surface area contributed by atoms with Crippen molar-refractivity contribution < 1.29 is 71.1 Å². The number of ether oxygens (including phenoxy) is 5. The van der Waals surface area contributed by atoms with E-state index in [1.54, 1.807) is 127 Å². The molecule has 608 valence electrons. The fourth-order valence-corrected chi connectivity index (χ4v) is 16.6. The molecule has 9 aromatic carbocycles. The first-order chi connectivity index (χ1) is 57.7. The van der Waals surface area contributed by atoms with Crippen LogP contribution in [0.5, 0.6) is 17.2 Å². The van der Waals surface area contributed by atoms with Crippen LogP contribution in [0.3, 0.4) is 0 Å². The molecule has 3 saturated carbocycles. The quantitative estimate of drug-likeness (QED) is 0.0472. The van der Waals surface area contributed by atoms with Crippen LogP contribution < -0.4 is 29.3 Å². The third-order valence-corrected chi connectivity index (χ3v) is 23.2. The number of amides is 3. The SMILES string of the molecule is CCOC(=O)c1cccc(I)c1.CCOC(=O)c1cccc(N2C(=O)CCc3cc(OCc4c(-c5c(Cl)cccc5Cl)noc4C4CC4)ccc32)c1.O=C(O)c1cccc(N2C(=O)CCc3cc(OCc4c(-c5c(Cl)cccc5Cl)noc4C4CC4)ccc32)c1.O=C1CCc2cc(OCc3c(-c4c(Cl)cccc4Cl)noc3C3CC3)ccc2N1. The molecule has 0 radical (unpaired) electrons. The van der Waals surface area contributed by atoms with Gasteiger partial charge in [0.2, 0.25) is 17.7 Å². The van der Waals surface area contributed by atoms with E-state index in [4.69, 9.17) is 107 Å². The predicted molar refractivity (Wildman–Crippen MR) is 463 cm³/mol. The Morgan fingerprint density at radius 1 is 0.437 bits per heavy atom. The molecule has 21 nitrogen and oxygen atoms in total. The second kappa shape index (κ2) is 37.3. The molecule has 3 amide bonds. The molecule has 0 spiro atoms. The number of aromatic nitrogens is 3. The van der Waals surface area contributed by atoms with Crippen molar-refractivity contribution in [2.45, 2.75) is 128 Å². The molecule has 3 aliphatic heterocycles. The molecule has 0 bridgehead atoms. The summed E-state index contributed by atoms with van der Waals surface area (Å²) in [4.78, 5) is 75.5. The number of anilines is 5. The first-order valence-corrected chi connectivity index (χ1v) is 42.1. The van der Waals surface area contributed by atoms with Crippen LogP contribution in [0.1, 0.15) is 171 Å². The van der Waals surface area contributed by atoms with Crippen molar-refractivity contribution in [2.75, 3.05) is 28.3 Å². The van der Waals surface area contributed by atoms with Gasteiger partial charge in [-0.2, -0.15) is 0 Å². The highest BCUT2D eigenvalue weighted by Crippen LogP contribution is 2.51. The molecular formula is C91H75Cl6IN6O15. The third kappa shape index (κ3) is 19.3. The monoisotopic (exact) mass is 1830 g/mol. The van der Waals surface area contributed by atoms with Crippen molar-refractivity contribution in [3.05, 3.63) is 283 Å². The fourth-order valence-electron chi connectivity index (χ4n) is 14.3. The number of nitrogens with zero attached hydrogens (tertiary/aromatic N) is 5. The summed E-state index contributed by atoms with van der Waals surface area (Å²) in [6.07, 6.45) is 9.29. The van der Waals surface area contributed by atoms with E-state index < -0.39 is 11.9 Å². The molecule has 6 heterocycles. The second-order valence-corrected chi connectivity index (χ2v) is 32.6. The van der Waals surface area contributed by atoms with Crippen molar-refractivity contribution in [2.24, 2.45) is 0 Å². The summed E-state index contributed by atoms with van der Waals surface area (Å²) < 4.78 is 46.8. The highest BCUT2D eigenvalue weighted by atomic mass is 127. The third-order valence-electron chi connectivity index (χ3n) is 20.6. The lowest BCUT2D eigenvalue weighted by Gasteiger charge is -2.30. The summed E-state index contributed by atoms with van der Waals surface area (Å²) in [5.41, 5.74) is 13.8. The molecule has 12 aromatic rings. The summed E-state index contributed by atoms with van der Waals surface area (Å²) in [6, 6.07) is 53.6. The van der Waals surface area contributed by atoms with Gasteiger partial charge in [-0.05, 0) is 257 Å². The van der Waals surface area contributed by atoms with Crippen LogP contribution in [0, 0.1) is 3.57 Å². The largest absolute Gasteiger partial charge is 0.489 e. The van der Waals surface area contributed by atoms with Gasteiger partial charge in [0.05, 0.1) is 88.1 Å². The van der Waals surface area contributed by atoms with Gasteiger partial charge in [-0.3, -0.25) is 24.2 Å². The number of nitrogens with one attached hydrogen (secondary N) is 1. The molecule has 28 heteroatoms. The Morgan fingerprint density at radius 2 is 0.790 bits per heavy atom. The van der Waals surface area contributed by atoms with Gasteiger partial charge in [0.25, 0.3) is 0 Å². The summed E-state index contributed by atoms with van der Waals surface area (Å²) >= 11 is 40.9. The van der Waals surface area contributed by atoms with Gasteiger partial charge < -0.3 is 47.7 Å². The predicted octanol–water partition coefficient (Wildman–Crippen LogP) is 23.8. The summed E-state index contributed by atoms with van der Waals surface area (Å²) in [5, 5.41) is 28.2. The van der Waals surface area contributed by atoms with E-state index in [9.17, 15) is 33.9 Å². The normalized spacial score (nSPS) is 14.5. The number of carboxylic acids is 1. The highest BCUT2D eigenvalue weighted by Gasteiger charge is 2.38. The van der Waals surface area contributed by atoms with E-state index in [0.717, 1.165) is 110 Å². The number of halogens is 7. The molecule has 3 aliphatic carbocycles. The van der Waals surface area contributed by atoms with Gasteiger partial charge in [-0.1, -0.05) is 121 Å². The molecule has 119 heavy (non-hydrogen) atoms. The Morgan fingerprint density at radius 3 is 1.18 bits per heavy atom. The van der Waals surface area contributed by atoms with Gasteiger partial charge in [0.15, 0.2) is 0 Å². The number of carbonyl (C=O) groups is 6.